The molecule has 1 aromatic heterocycles. The number of carbonyl (C=O) groups is 1. The first-order chi connectivity index (χ1) is 8.51. The highest BCUT2D eigenvalue weighted by Crippen LogP contribution is 2.27. The monoisotopic (exact) mass is 288 g/mol. The average molecular weight is 288 g/mol. The Kier molecular flexibility index (Phi) is 5.95. The van der Waals surface area contributed by atoms with Crippen LogP contribution in [-0.4, -0.2) is 43.2 Å². The molecule has 0 N–H and O–H groups in total. The molecule has 6 heteroatoms. The summed E-state index contributed by atoms with van der Waals surface area (Å²) in [4.78, 5) is 18.9. The number of ether oxygens (including phenoxy) is 1. The van der Waals surface area contributed by atoms with Crippen molar-refractivity contribution in [1.82, 2.24) is 4.98 Å². The molecule has 0 saturated carbocycles. The molecular weight excluding hydrogens is 268 g/mol. The Balaban J connectivity index is 2.80. The summed E-state index contributed by atoms with van der Waals surface area (Å²) in [6.07, 6.45) is 3.21. The molecule has 0 aliphatic rings. The first-order valence-electron chi connectivity index (χ1n) is 5.78. The highest BCUT2D eigenvalue weighted by molar-refractivity contribution is 7.98. The zero-order valence-electron chi connectivity index (χ0n) is 11.5. The summed E-state index contributed by atoms with van der Waals surface area (Å²) in [5, 5.41) is 0.876. The number of carbonyl (C=O) groups excluding carboxylic acids is 1. The Labute approximate surface area is 117 Å². The minimum atomic E-state index is -0.361. The first-order valence-corrected chi connectivity index (χ1v) is 7.99. The van der Waals surface area contributed by atoms with E-state index in [9.17, 15) is 4.79 Å². The number of methoxy groups -OCH3 is 1. The number of aromatic nitrogens is 1. The fourth-order valence-corrected chi connectivity index (χ4v) is 3.03. The molecule has 1 rings (SSSR count). The van der Waals surface area contributed by atoms with Crippen LogP contribution in [0.25, 0.3) is 0 Å². The standard InChI is InChI=1S/C12H20N2O2S2/c1-8(6-7-17-5)14(3)12-13-10(9(2)18-12)11(15)16-4/h8H,6-7H2,1-5H3. The van der Waals surface area contributed by atoms with Gasteiger partial charge in [-0.2, -0.15) is 11.8 Å². The van der Waals surface area contributed by atoms with E-state index in [1.54, 1.807) is 0 Å². The third kappa shape index (κ3) is 3.62. The zero-order valence-corrected chi connectivity index (χ0v) is 13.2. The van der Waals surface area contributed by atoms with Crippen molar-refractivity contribution in [3.05, 3.63) is 10.6 Å². The van der Waals surface area contributed by atoms with Gasteiger partial charge in [0.1, 0.15) is 0 Å². The summed E-state index contributed by atoms with van der Waals surface area (Å²) in [5.41, 5.74) is 0.432. The van der Waals surface area contributed by atoms with Crippen molar-refractivity contribution >= 4 is 34.2 Å². The lowest BCUT2D eigenvalue weighted by molar-refractivity contribution is 0.0594. The van der Waals surface area contributed by atoms with Gasteiger partial charge in [-0.05, 0) is 32.3 Å². The summed E-state index contributed by atoms with van der Waals surface area (Å²) in [6, 6.07) is 0.411. The molecule has 0 radical (unpaired) electrons. The second-order valence-corrected chi connectivity index (χ2v) is 6.30. The van der Waals surface area contributed by atoms with Gasteiger partial charge in [-0.3, -0.25) is 0 Å². The third-order valence-corrected chi connectivity index (χ3v) is 4.57. The van der Waals surface area contributed by atoms with Gasteiger partial charge in [-0.25, -0.2) is 9.78 Å². The van der Waals surface area contributed by atoms with E-state index < -0.39 is 0 Å². The molecule has 1 unspecified atom stereocenters. The molecular formula is C12H20N2O2S2. The van der Waals surface area contributed by atoms with Crippen molar-refractivity contribution < 1.29 is 9.53 Å². The lowest BCUT2D eigenvalue weighted by Gasteiger charge is -2.23. The van der Waals surface area contributed by atoms with Crippen molar-refractivity contribution in [1.29, 1.82) is 0 Å². The summed E-state index contributed by atoms with van der Waals surface area (Å²) in [6.45, 7) is 4.07. The maximum atomic E-state index is 11.5. The number of thioether (sulfide) groups is 1. The van der Waals surface area contributed by atoms with Gasteiger partial charge < -0.3 is 9.64 Å². The molecule has 4 nitrogen and oxygen atoms in total. The highest BCUT2D eigenvalue weighted by atomic mass is 32.2. The smallest absolute Gasteiger partial charge is 0.357 e. The molecule has 0 spiro atoms. The molecule has 0 saturated heterocycles. The fourth-order valence-electron chi connectivity index (χ4n) is 1.49. The van der Waals surface area contributed by atoms with E-state index in [0.717, 1.165) is 22.2 Å². The molecule has 1 heterocycles. The van der Waals surface area contributed by atoms with Gasteiger partial charge >= 0.3 is 5.97 Å². The van der Waals surface area contributed by atoms with Gasteiger partial charge in [-0.15, -0.1) is 11.3 Å². The van der Waals surface area contributed by atoms with Crippen molar-refractivity contribution in [3.8, 4) is 0 Å². The Bertz CT molecular complexity index is 407. The van der Waals surface area contributed by atoms with Crippen LogP contribution < -0.4 is 4.90 Å². The average Bonchev–Trinajstić information content (AvgIpc) is 2.76. The van der Waals surface area contributed by atoms with E-state index in [1.165, 1.54) is 18.4 Å². The van der Waals surface area contributed by atoms with E-state index in [2.05, 4.69) is 23.1 Å². The molecule has 0 bridgehead atoms. The molecule has 0 amide bonds. The molecule has 102 valence electrons. The van der Waals surface area contributed by atoms with E-state index in [-0.39, 0.29) is 5.97 Å². The number of hydrogen-bond donors (Lipinski definition) is 0. The summed E-state index contributed by atoms with van der Waals surface area (Å²) >= 11 is 3.38. The highest BCUT2D eigenvalue weighted by Gasteiger charge is 2.19. The van der Waals surface area contributed by atoms with Crippen LogP contribution in [0.1, 0.15) is 28.7 Å². The number of nitrogens with zero attached hydrogens (tertiary/aromatic N) is 2. The number of hydrogen-bond acceptors (Lipinski definition) is 6. The van der Waals surface area contributed by atoms with Crippen molar-refractivity contribution in [2.45, 2.75) is 26.3 Å². The summed E-state index contributed by atoms with van der Waals surface area (Å²) in [7, 11) is 3.40. The topological polar surface area (TPSA) is 42.4 Å². The van der Waals surface area contributed by atoms with E-state index >= 15 is 0 Å². The number of thiazole rings is 1. The predicted molar refractivity (Wildman–Crippen MR) is 79.1 cm³/mol. The molecule has 0 fully saturated rings. The molecule has 0 aromatic carbocycles. The van der Waals surface area contributed by atoms with Gasteiger partial charge in [0.2, 0.25) is 0 Å². The van der Waals surface area contributed by atoms with Gasteiger partial charge in [0.15, 0.2) is 10.8 Å². The molecule has 0 aliphatic carbocycles. The van der Waals surface area contributed by atoms with Crippen LogP contribution in [0.5, 0.6) is 0 Å². The Hall–Kier alpha value is -0.750. The maximum absolute atomic E-state index is 11.5. The van der Waals surface area contributed by atoms with Crippen LogP contribution in [0.4, 0.5) is 5.13 Å². The van der Waals surface area contributed by atoms with Gasteiger partial charge in [0.05, 0.1) is 7.11 Å². The summed E-state index contributed by atoms with van der Waals surface area (Å²) in [5.74, 6) is 0.764. The lowest BCUT2D eigenvalue weighted by Crippen LogP contribution is -2.29. The number of rotatable bonds is 6. The first kappa shape index (κ1) is 15.3. The largest absolute Gasteiger partial charge is 0.464 e. The Morgan fingerprint density at radius 1 is 1.61 bits per heavy atom. The second-order valence-electron chi connectivity index (χ2n) is 4.13. The molecule has 0 aliphatic heterocycles. The van der Waals surface area contributed by atoms with E-state index in [4.69, 9.17) is 4.74 Å². The predicted octanol–water partition coefficient (Wildman–Crippen LogP) is 2.82. The number of anilines is 1. The molecule has 1 atom stereocenters. The second kappa shape index (κ2) is 6.99. The molecule has 1 aromatic rings. The number of esters is 1. The minimum absolute atomic E-state index is 0.361. The van der Waals surface area contributed by atoms with Gasteiger partial charge in [-0.1, -0.05) is 0 Å². The van der Waals surface area contributed by atoms with E-state index in [1.807, 2.05) is 25.7 Å². The Morgan fingerprint density at radius 3 is 2.83 bits per heavy atom. The van der Waals surface area contributed by atoms with E-state index in [0.29, 0.717) is 11.7 Å². The van der Waals surface area contributed by atoms with Crippen LogP contribution in [0.2, 0.25) is 0 Å². The van der Waals surface area contributed by atoms with Gasteiger partial charge in [0.25, 0.3) is 0 Å². The van der Waals surface area contributed by atoms with Crippen LogP contribution in [0, 0.1) is 6.92 Å². The SMILES string of the molecule is COC(=O)c1nc(N(C)C(C)CCSC)sc1C. The third-order valence-electron chi connectivity index (χ3n) is 2.87. The van der Waals surface area contributed by atoms with Crippen molar-refractivity contribution in [2.75, 3.05) is 31.1 Å². The van der Waals surface area contributed by atoms with Crippen LogP contribution >= 0.6 is 23.1 Å². The number of aryl methyl sites for hydroxylation is 1. The van der Waals surface area contributed by atoms with Crippen molar-refractivity contribution in [3.63, 3.8) is 0 Å². The lowest BCUT2D eigenvalue weighted by atomic mass is 10.2. The quantitative estimate of drug-likeness (QED) is 0.753. The molecule has 18 heavy (non-hydrogen) atoms. The maximum Gasteiger partial charge on any atom is 0.357 e. The van der Waals surface area contributed by atoms with Crippen molar-refractivity contribution in [2.24, 2.45) is 0 Å². The fraction of sp³-hybridized carbons (Fsp3) is 0.667. The van der Waals surface area contributed by atoms with Gasteiger partial charge in [0, 0.05) is 18.0 Å². The minimum Gasteiger partial charge on any atom is -0.464 e. The zero-order chi connectivity index (χ0) is 13.7. The van der Waals surface area contributed by atoms with Crippen LogP contribution in [0.15, 0.2) is 0 Å². The summed E-state index contributed by atoms with van der Waals surface area (Å²) < 4.78 is 4.72. The van der Waals surface area contributed by atoms with Crippen LogP contribution in [0.3, 0.4) is 0 Å². The van der Waals surface area contributed by atoms with Crippen LogP contribution in [-0.2, 0) is 4.74 Å². The normalized spacial score (nSPS) is 12.3. The Morgan fingerprint density at radius 2 is 2.28 bits per heavy atom.